The molecule has 0 spiro atoms. The van der Waals surface area contributed by atoms with Crippen LogP contribution in [0.25, 0.3) is 5.69 Å². The monoisotopic (exact) mass is 429 g/mol. The van der Waals surface area contributed by atoms with Crippen LogP contribution in [0.4, 0.5) is 0 Å². The normalized spacial score (nSPS) is 26.5. The zero-order valence-electron chi connectivity index (χ0n) is 17.4. The number of benzene rings is 1. The Balaban J connectivity index is 1.65. The number of hydrogen-bond donors (Lipinski definition) is 0. The number of hydrogen-bond acceptors (Lipinski definition) is 5. The van der Waals surface area contributed by atoms with Crippen molar-refractivity contribution < 1.29 is 17.9 Å². The molecule has 2 aromatic rings. The number of rotatable bonds is 5. The predicted octanol–water partition coefficient (Wildman–Crippen LogP) is 2.80. The van der Waals surface area contributed by atoms with Crippen LogP contribution < -0.4 is 0 Å². The summed E-state index contributed by atoms with van der Waals surface area (Å²) in [6, 6.07) is 7.12. The van der Waals surface area contributed by atoms with Crippen molar-refractivity contribution in [3.8, 4) is 5.69 Å². The van der Waals surface area contributed by atoms with Crippen molar-refractivity contribution in [1.29, 1.82) is 0 Å². The van der Waals surface area contributed by atoms with E-state index in [0.717, 1.165) is 0 Å². The Morgan fingerprint density at radius 2 is 2.07 bits per heavy atom. The minimum Gasteiger partial charge on any atom is -0.466 e. The van der Waals surface area contributed by atoms with Gasteiger partial charge in [-0.25, -0.2) is 13.1 Å². The molecule has 1 saturated heterocycles. The number of sulfonamides is 1. The predicted molar refractivity (Wildman–Crippen MR) is 112 cm³/mol. The fourth-order valence-electron chi connectivity index (χ4n) is 4.62. The number of nitrogens with zero attached hydrogens (tertiary/aromatic N) is 3. The van der Waals surface area contributed by atoms with Crippen LogP contribution in [0, 0.1) is 30.6 Å². The molecule has 4 atom stereocenters. The minimum atomic E-state index is -3.71. The van der Waals surface area contributed by atoms with Crippen LogP contribution in [0.5, 0.6) is 0 Å². The number of ether oxygens (including phenoxy) is 1. The largest absolute Gasteiger partial charge is 0.466 e. The fraction of sp³-hybridized carbons (Fsp3) is 0.455. The summed E-state index contributed by atoms with van der Waals surface area (Å²) in [5.74, 6) is -0.594. The maximum absolute atomic E-state index is 13.6. The Morgan fingerprint density at radius 1 is 1.27 bits per heavy atom. The van der Waals surface area contributed by atoms with E-state index in [-0.39, 0.29) is 34.5 Å². The second kappa shape index (κ2) is 8.00. The molecule has 1 aromatic heterocycles. The summed E-state index contributed by atoms with van der Waals surface area (Å²) in [4.78, 5) is 12.9. The summed E-state index contributed by atoms with van der Waals surface area (Å²) in [6.07, 6.45) is 7.51. The van der Waals surface area contributed by atoms with Crippen LogP contribution in [0.3, 0.4) is 0 Å². The number of carbonyl (C=O) groups excluding carboxylic acids is 1. The standard InChI is InChI=1S/C22H27N3O4S/c1-4-29-22(26)21-16(3)6-8-17-13-24(14-19(17)21)30(27,28)20-12-18(9-7-15(20)2)25-11-5-10-23-25/h5-12,16-17,19,21H,4,13-14H2,1-3H3/t16-,17-,19-,21-/m0/s1. The second-order valence-electron chi connectivity index (χ2n) is 8.07. The highest BCUT2D eigenvalue weighted by molar-refractivity contribution is 7.89. The molecule has 1 fully saturated rings. The highest BCUT2D eigenvalue weighted by atomic mass is 32.2. The quantitative estimate of drug-likeness (QED) is 0.539. The number of esters is 1. The average Bonchev–Trinajstić information content (AvgIpc) is 3.38. The van der Waals surface area contributed by atoms with E-state index in [1.54, 1.807) is 49.1 Å². The van der Waals surface area contributed by atoms with Crippen LogP contribution in [0.2, 0.25) is 0 Å². The van der Waals surface area contributed by atoms with Gasteiger partial charge in [0.05, 0.1) is 23.1 Å². The van der Waals surface area contributed by atoms with Gasteiger partial charge in [0.2, 0.25) is 10.0 Å². The Hall–Kier alpha value is -2.45. The topological polar surface area (TPSA) is 81.5 Å². The number of aromatic nitrogens is 2. The molecule has 2 aliphatic rings. The molecule has 2 heterocycles. The third-order valence-electron chi connectivity index (χ3n) is 6.19. The van der Waals surface area contributed by atoms with Gasteiger partial charge in [-0.1, -0.05) is 25.1 Å². The van der Waals surface area contributed by atoms with Gasteiger partial charge in [0.25, 0.3) is 0 Å². The molecule has 4 rings (SSSR count). The summed E-state index contributed by atoms with van der Waals surface area (Å²) in [5.41, 5.74) is 1.38. The first-order chi connectivity index (χ1) is 14.3. The lowest BCUT2D eigenvalue weighted by Gasteiger charge is -2.32. The molecule has 1 aliphatic carbocycles. The third kappa shape index (κ3) is 3.58. The smallest absolute Gasteiger partial charge is 0.309 e. The van der Waals surface area contributed by atoms with Gasteiger partial charge in [-0.15, -0.1) is 0 Å². The van der Waals surface area contributed by atoms with Crippen molar-refractivity contribution in [3.63, 3.8) is 0 Å². The van der Waals surface area contributed by atoms with Crippen LogP contribution in [-0.4, -0.2) is 48.2 Å². The van der Waals surface area contributed by atoms with E-state index in [2.05, 4.69) is 11.2 Å². The third-order valence-corrected chi connectivity index (χ3v) is 8.16. The summed E-state index contributed by atoms with van der Waals surface area (Å²) in [5, 5.41) is 4.20. The average molecular weight is 430 g/mol. The van der Waals surface area contributed by atoms with Crippen LogP contribution >= 0.6 is 0 Å². The summed E-state index contributed by atoms with van der Waals surface area (Å²) >= 11 is 0. The first-order valence-electron chi connectivity index (χ1n) is 10.3. The number of fused-ring (bicyclic) bond motifs is 1. The van der Waals surface area contributed by atoms with E-state index in [1.165, 1.54) is 4.31 Å². The lowest BCUT2D eigenvalue weighted by atomic mass is 9.73. The van der Waals surface area contributed by atoms with E-state index < -0.39 is 10.0 Å². The summed E-state index contributed by atoms with van der Waals surface area (Å²) in [7, 11) is -3.71. The van der Waals surface area contributed by atoms with Gasteiger partial charge in [0, 0.05) is 25.5 Å². The van der Waals surface area contributed by atoms with Gasteiger partial charge >= 0.3 is 5.97 Å². The highest BCUT2D eigenvalue weighted by Crippen LogP contribution is 2.42. The summed E-state index contributed by atoms with van der Waals surface area (Å²) in [6.45, 7) is 6.59. The van der Waals surface area contributed by atoms with E-state index in [9.17, 15) is 13.2 Å². The first-order valence-corrected chi connectivity index (χ1v) is 11.7. The first kappa shape index (κ1) is 20.8. The molecular formula is C22H27N3O4S. The van der Waals surface area contributed by atoms with Gasteiger partial charge in [0.1, 0.15) is 0 Å². The Labute approximate surface area is 177 Å². The van der Waals surface area contributed by atoms with Crippen LogP contribution in [0.1, 0.15) is 19.4 Å². The van der Waals surface area contributed by atoms with Crippen molar-refractivity contribution in [1.82, 2.24) is 14.1 Å². The zero-order valence-corrected chi connectivity index (χ0v) is 18.2. The maximum Gasteiger partial charge on any atom is 0.309 e. The second-order valence-corrected chi connectivity index (χ2v) is 9.98. The van der Waals surface area contributed by atoms with E-state index >= 15 is 0 Å². The Kier molecular flexibility index (Phi) is 5.55. The van der Waals surface area contributed by atoms with Crippen molar-refractivity contribution in [2.24, 2.45) is 23.7 Å². The minimum absolute atomic E-state index is 0.0139. The SMILES string of the molecule is CCOC(=O)[C@@H]1[C@H]2CN(S(=O)(=O)c3cc(-n4cccn4)ccc3C)C[C@@H]2C=C[C@@H]1C. The lowest BCUT2D eigenvalue weighted by molar-refractivity contribution is -0.152. The molecule has 0 radical (unpaired) electrons. The van der Waals surface area contributed by atoms with Crippen molar-refractivity contribution in [3.05, 3.63) is 54.4 Å². The molecule has 0 N–H and O–H groups in total. The van der Waals surface area contributed by atoms with Gasteiger partial charge < -0.3 is 4.74 Å². The Morgan fingerprint density at radius 3 is 2.77 bits per heavy atom. The van der Waals surface area contributed by atoms with E-state index in [0.29, 0.717) is 30.9 Å². The molecule has 160 valence electrons. The van der Waals surface area contributed by atoms with Gasteiger partial charge in [-0.2, -0.15) is 9.40 Å². The summed E-state index contributed by atoms with van der Waals surface area (Å²) < 4.78 is 35.6. The fourth-order valence-corrected chi connectivity index (χ4v) is 6.38. The molecule has 1 aliphatic heterocycles. The van der Waals surface area contributed by atoms with E-state index in [1.807, 2.05) is 19.1 Å². The highest BCUT2D eigenvalue weighted by Gasteiger charge is 2.48. The molecule has 30 heavy (non-hydrogen) atoms. The maximum atomic E-state index is 13.6. The molecular weight excluding hydrogens is 402 g/mol. The Bertz CT molecular complexity index is 1060. The molecule has 7 nitrogen and oxygen atoms in total. The molecule has 0 unspecified atom stereocenters. The molecule has 8 heteroatoms. The number of carbonyl (C=O) groups is 1. The van der Waals surface area contributed by atoms with Crippen LogP contribution in [0.15, 0.2) is 53.7 Å². The zero-order chi connectivity index (χ0) is 21.5. The number of aryl methyl sites for hydroxylation is 1. The molecule has 0 bridgehead atoms. The lowest BCUT2D eigenvalue weighted by Crippen LogP contribution is -2.37. The van der Waals surface area contributed by atoms with Crippen molar-refractivity contribution in [2.45, 2.75) is 25.7 Å². The van der Waals surface area contributed by atoms with E-state index in [4.69, 9.17) is 4.74 Å². The molecule has 0 amide bonds. The van der Waals surface area contributed by atoms with Gasteiger partial charge in [0.15, 0.2) is 0 Å². The van der Waals surface area contributed by atoms with Gasteiger partial charge in [-0.05, 0) is 55.4 Å². The van der Waals surface area contributed by atoms with Gasteiger partial charge in [-0.3, -0.25) is 4.79 Å². The van der Waals surface area contributed by atoms with Crippen molar-refractivity contribution in [2.75, 3.05) is 19.7 Å². The van der Waals surface area contributed by atoms with Crippen molar-refractivity contribution >= 4 is 16.0 Å². The molecule has 1 aromatic carbocycles. The van der Waals surface area contributed by atoms with Crippen LogP contribution in [-0.2, 0) is 19.6 Å². The number of allylic oxidation sites excluding steroid dienone is 1. The molecule has 0 saturated carbocycles.